The number of carbonyl (C=O) groups is 2. The first-order valence-corrected chi connectivity index (χ1v) is 4.21. The van der Waals surface area contributed by atoms with Crippen LogP contribution >= 0.6 is 0 Å². The molecule has 4 nitrogen and oxygen atoms in total. The molecule has 4 heteroatoms. The van der Waals surface area contributed by atoms with E-state index < -0.39 is 12.3 Å². The molecule has 1 atom stereocenters. The lowest BCUT2D eigenvalue weighted by Crippen LogP contribution is -2.18. The lowest BCUT2D eigenvalue weighted by molar-refractivity contribution is -0.173. The summed E-state index contributed by atoms with van der Waals surface area (Å²) in [4.78, 5) is 21.8. The third kappa shape index (κ3) is 2.57. The van der Waals surface area contributed by atoms with Crippen LogP contribution in [0, 0.1) is 0 Å². The first-order valence-electron chi connectivity index (χ1n) is 4.21. The molecule has 1 aliphatic heterocycles. The van der Waals surface area contributed by atoms with Crippen molar-refractivity contribution in [2.75, 3.05) is 0 Å². The quantitative estimate of drug-likeness (QED) is 0.488. The van der Waals surface area contributed by atoms with Gasteiger partial charge in [0.1, 0.15) is 0 Å². The second-order valence-corrected chi connectivity index (χ2v) is 2.82. The zero-order chi connectivity index (χ0) is 9.84. The summed E-state index contributed by atoms with van der Waals surface area (Å²) < 4.78 is 9.56. The number of cyclic esters (lactones) is 1. The average molecular weight is 184 g/mol. The lowest BCUT2D eigenvalue weighted by Gasteiger charge is -2.10. The molecule has 1 saturated heterocycles. The summed E-state index contributed by atoms with van der Waals surface area (Å²) in [6.07, 6.45) is 0.598. The zero-order valence-electron chi connectivity index (χ0n) is 7.54. The number of hydrogen-bond donors (Lipinski definition) is 0. The Hall–Kier alpha value is -1.32. The monoisotopic (exact) mass is 184 g/mol. The van der Waals surface area contributed by atoms with Crippen LogP contribution in [-0.4, -0.2) is 18.2 Å². The van der Waals surface area contributed by atoms with Crippen LogP contribution in [0.1, 0.15) is 26.2 Å². The van der Waals surface area contributed by atoms with Gasteiger partial charge in [-0.3, -0.25) is 4.79 Å². The number of ether oxygens (including phenoxy) is 2. The minimum atomic E-state index is -0.705. The molecule has 0 radical (unpaired) electrons. The van der Waals surface area contributed by atoms with Gasteiger partial charge in [0.2, 0.25) is 6.29 Å². The van der Waals surface area contributed by atoms with Crippen LogP contribution in [-0.2, 0) is 19.1 Å². The summed E-state index contributed by atoms with van der Waals surface area (Å²) >= 11 is 0. The largest absolute Gasteiger partial charge is 0.425 e. The maximum absolute atomic E-state index is 11.1. The van der Waals surface area contributed by atoms with E-state index in [2.05, 4.69) is 6.58 Å². The molecule has 0 spiro atoms. The Morgan fingerprint density at radius 1 is 1.77 bits per heavy atom. The van der Waals surface area contributed by atoms with E-state index in [4.69, 9.17) is 9.47 Å². The molecule has 0 aromatic carbocycles. The van der Waals surface area contributed by atoms with Gasteiger partial charge in [0.25, 0.3) is 0 Å². The van der Waals surface area contributed by atoms with Crippen molar-refractivity contribution in [3.05, 3.63) is 12.2 Å². The highest BCUT2D eigenvalue weighted by Gasteiger charge is 2.26. The average Bonchev–Trinajstić information content (AvgIpc) is 2.49. The molecule has 1 unspecified atom stereocenters. The lowest BCUT2D eigenvalue weighted by atomic mass is 10.2. The second-order valence-electron chi connectivity index (χ2n) is 2.82. The van der Waals surface area contributed by atoms with E-state index in [0.29, 0.717) is 24.8 Å². The van der Waals surface area contributed by atoms with E-state index >= 15 is 0 Å². The van der Waals surface area contributed by atoms with Gasteiger partial charge in [-0.05, 0) is 6.42 Å². The molecular formula is C9H12O4. The van der Waals surface area contributed by atoms with Crippen molar-refractivity contribution in [3.8, 4) is 0 Å². The van der Waals surface area contributed by atoms with E-state index in [1.165, 1.54) is 0 Å². The molecule has 0 saturated carbocycles. The van der Waals surface area contributed by atoms with E-state index in [1.807, 2.05) is 6.92 Å². The van der Waals surface area contributed by atoms with Crippen molar-refractivity contribution >= 4 is 11.9 Å². The van der Waals surface area contributed by atoms with Gasteiger partial charge in [-0.2, -0.15) is 0 Å². The van der Waals surface area contributed by atoms with Crippen LogP contribution in [0.3, 0.4) is 0 Å². The van der Waals surface area contributed by atoms with Crippen molar-refractivity contribution in [1.82, 2.24) is 0 Å². The zero-order valence-corrected chi connectivity index (χ0v) is 7.54. The van der Waals surface area contributed by atoms with Gasteiger partial charge in [0.05, 0.1) is 6.42 Å². The SMILES string of the molecule is C=C(CC)C(=O)OC1CCC(=O)O1. The fourth-order valence-corrected chi connectivity index (χ4v) is 0.930. The molecule has 0 aromatic heterocycles. The Bertz CT molecular complexity index is 244. The molecule has 1 rings (SSSR count). The fraction of sp³-hybridized carbons (Fsp3) is 0.556. The summed E-state index contributed by atoms with van der Waals surface area (Å²) in [5, 5.41) is 0. The van der Waals surface area contributed by atoms with Crippen LogP contribution in [0.25, 0.3) is 0 Å². The van der Waals surface area contributed by atoms with Gasteiger partial charge < -0.3 is 9.47 Å². The summed E-state index contributed by atoms with van der Waals surface area (Å²) in [7, 11) is 0. The fourth-order valence-electron chi connectivity index (χ4n) is 0.930. The summed E-state index contributed by atoms with van der Waals surface area (Å²) in [6.45, 7) is 5.33. The Morgan fingerprint density at radius 3 is 2.92 bits per heavy atom. The molecule has 0 N–H and O–H groups in total. The Labute approximate surface area is 76.5 Å². The third-order valence-electron chi connectivity index (χ3n) is 1.80. The van der Waals surface area contributed by atoms with Gasteiger partial charge in [-0.25, -0.2) is 4.79 Å². The Balaban J connectivity index is 2.37. The molecule has 0 aliphatic carbocycles. The third-order valence-corrected chi connectivity index (χ3v) is 1.80. The van der Waals surface area contributed by atoms with Gasteiger partial charge in [0.15, 0.2) is 0 Å². The standard InChI is InChI=1S/C9H12O4/c1-3-6(2)9(11)13-8-5-4-7(10)12-8/h8H,2-5H2,1H3. The van der Waals surface area contributed by atoms with E-state index in [-0.39, 0.29) is 5.97 Å². The van der Waals surface area contributed by atoms with E-state index in [0.717, 1.165) is 0 Å². The summed E-state index contributed by atoms with van der Waals surface area (Å²) in [5.74, 6) is -0.804. The second kappa shape index (κ2) is 4.07. The predicted molar refractivity (Wildman–Crippen MR) is 44.6 cm³/mol. The topological polar surface area (TPSA) is 52.6 Å². The molecule has 0 amide bonds. The van der Waals surface area contributed by atoms with Crippen molar-refractivity contribution in [3.63, 3.8) is 0 Å². The van der Waals surface area contributed by atoms with Crippen LogP contribution < -0.4 is 0 Å². The van der Waals surface area contributed by atoms with Crippen molar-refractivity contribution in [1.29, 1.82) is 0 Å². The van der Waals surface area contributed by atoms with Gasteiger partial charge in [-0.15, -0.1) is 0 Å². The van der Waals surface area contributed by atoms with Crippen LogP contribution in [0.4, 0.5) is 0 Å². The van der Waals surface area contributed by atoms with Crippen molar-refractivity contribution in [2.24, 2.45) is 0 Å². The molecule has 1 fully saturated rings. The van der Waals surface area contributed by atoms with E-state index in [9.17, 15) is 9.59 Å². The minimum Gasteiger partial charge on any atom is -0.425 e. The van der Waals surface area contributed by atoms with Crippen molar-refractivity contribution < 1.29 is 19.1 Å². The molecule has 0 aromatic rings. The Morgan fingerprint density at radius 2 is 2.46 bits per heavy atom. The van der Waals surface area contributed by atoms with Crippen LogP contribution in [0.15, 0.2) is 12.2 Å². The Kier molecular flexibility index (Phi) is 3.06. The molecule has 13 heavy (non-hydrogen) atoms. The van der Waals surface area contributed by atoms with Gasteiger partial charge >= 0.3 is 11.9 Å². The molecule has 1 aliphatic rings. The van der Waals surface area contributed by atoms with Gasteiger partial charge in [-0.1, -0.05) is 13.5 Å². The first-order chi connectivity index (χ1) is 6.13. The number of esters is 2. The van der Waals surface area contributed by atoms with E-state index in [1.54, 1.807) is 0 Å². The highest BCUT2D eigenvalue weighted by molar-refractivity contribution is 5.87. The number of carbonyl (C=O) groups excluding carboxylic acids is 2. The maximum atomic E-state index is 11.1. The van der Waals surface area contributed by atoms with Crippen LogP contribution in [0.2, 0.25) is 0 Å². The molecule has 72 valence electrons. The summed E-state index contributed by atoms with van der Waals surface area (Å²) in [5.41, 5.74) is 0.392. The molecule has 1 heterocycles. The highest BCUT2D eigenvalue weighted by Crippen LogP contribution is 2.16. The molecular weight excluding hydrogens is 172 g/mol. The number of hydrogen-bond acceptors (Lipinski definition) is 4. The smallest absolute Gasteiger partial charge is 0.336 e. The van der Waals surface area contributed by atoms with Crippen LogP contribution in [0.5, 0.6) is 0 Å². The highest BCUT2D eigenvalue weighted by atomic mass is 16.7. The molecule has 0 bridgehead atoms. The van der Waals surface area contributed by atoms with Gasteiger partial charge in [0, 0.05) is 12.0 Å². The number of rotatable bonds is 3. The van der Waals surface area contributed by atoms with Crippen molar-refractivity contribution in [2.45, 2.75) is 32.5 Å². The normalized spacial score (nSPS) is 21.0. The minimum absolute atomic E-state index is 0.316. The predicted octanol–water partition coefficient (Wildman–Crippen LogP) is 1.16. The maximum Gasteiger partial charge on any atom is 0.336 e. The first kappa shape index (κ1) is 9.77. The summed E-state index contributed by atoms with van der Waals surface area (Å²) in [6, 6.07) is 0.